The third kappa shape index (κ3) is 3.17. The predicted octanol–water partition coefficient (Wildman–Crippen LogP) is 2.54. The van der Waals surface area contributed by atoms with Gasteiger partial charge in [0.05, 0.1) is 11.3 Å². The van der Waals surface area contributed by atoms with E-state index >= 15 is 0 Å². The van der Waals surface area contributed by atoms with Gasteiger partial charge in [0.25, 0.3) is 0 Å². The topological polar surface area (TPSA) is 73.3 Å². The van der Waals surface area contributed by atoms with Crippen LogP contribution in [0.4, 0.5) is 8.78 Å². The molecule has 1 aliphatic rings. The van der Waals surface area contributed by atoms with Crippen LogP contribution in [0.15, 0.2) is 35.2 Å². The minimum atomic E-state index is -3.92. The number of rotatable bonds is 3. The quantitative estimate of drug-likeness (QED) is 0.782. The molecule has 0 atom stereocenters. The number of esters is 1. The standard InChI is InChI=1S/C17H13F2NO4S/c1-9-4-3-5-14(20-9)16-11(8-24-17(16)21)10-6-13(19)15(7-12(10)18)25(2,22)23/h3-7H,8H2,1-2H3. The van der Waals surface area contributed by atoms with Crippen LogP contribution in [0.3, 0.4) is 0 Å². The van der Waals surface area contributed by atoms with Crippen molar-refractivity contribution in [3.63, 3.8) is 0 Å². The average molecular weight is 365 g/mol. The lowest BCUT2D eigenvalue weighted by Gasteiger charge is -2.09. The molecule has 0 N–H and O–H groups in total. The Balaban J connectivity index is 2.23. The molecule has 130 valence electrons. The van der Waals surface area contributed by atoms with E-state index in [1.165, 1.54) is 0 Å². The molecular formula is C17H13F2NO4S. The normalized spacial score (nSPS) is 14.8. The molecule has 0 aliphatic carbocycles. The van der Waals surface area contributed by atoms with E-state index in [0.717, 1.165) is 12.3 Å². The molecule has 0 amide bonds. The summed E-state index contributed by atoms with van der Waals surface area (Å²) in [5, 5.41) is 0. The highest BCUT2D eigenvalue weighted by molar-refractivity contribution is 7.90. The summed E-state index contributed by atoms with van der Waals surface area (Å²) in [5.41, 5.74) is 0.857. The second-order valence-electron chi connectivity index (χ2n) is 5.63. The number of benzene rings is 1. The van der Waals surface area contributed by atoms with E-state index in [2.05, 4.69) is 4.98 Å². The Morgan fingerprint density at radius 3 is 2.52 bits per heavy atom. The number of pyridine rings is 1. The molecule has 1 aromatic heterocycles. The average Bonchev–Trinajstić information content (AvgIpc) is 2.89. The Bertz CT molecular complexity index is 1030. The fourth-order valence-corrected chi connectivity index (χ4v) is 3.33. The molecule has 2 aromatic rings. The Morgan fingerprint density at radius 1 is 1.16 bits per heavy atom. The van der Waals surface area contributed by atoms with Gasteiger partial charge in [0.15, 0.2) is 9.84 Å². The van der Waals surface area contributed by atoms with E-state index in [4.69, 9.17) is 4.74 Å². The van der Waals surface area contributed by atoms with Crippen molar-refractivity contribution in [1.82, 2.24) is 4.98 Å². The van der Waals surface area contributed by atoms with E-state index in [0.29, 0.717) is 11.8 Å². The third-order valence-electron chi connectivity index (χ3n) is 3.74. The maximum absolute atomic E-state index is 14.5. The molecule has 25 heavy (non-hydrogen) atoms. The van der Waals surface area contributed by atoms with Gasteiger partial charge in [-0.1, -0.05) is 6.07 Å². The number of nitrogens with zero attached hydrogens (tertiary/aromatic N) is 1. The summed E-state index contributed by atoms with van der Waals surface area (Å²) >= 11 is 0. The zero-order valence-electron chi connectivity index (χ0n) is 13.3. The second kappa shape index (κ2) is 6.03. The summed E-state index contributed by atoms with van der Waals surface area (Å²) in [7, 11) is -3.92. The summed E-state index contributed by atoms with van der Waals surface area (Å²) in [6.45, 7) is 1.48. The van der Waals surface area contributed by atoms with Gasteiger partial charge in [-0.25, -0.2) is 22.0 Å². The molecule has 3 rings (SSSR count). The van der Waals surface area contributed by atoms with Crippen molar-refractivity contribution in [2.24, 2.45) is 0 Å². The van der Waals surface area contributed by atoms with Crippen molar-refractivity contribution < 1.29 is 26.7 Å². The minimum Gasteiger partial charge on any atom is -0.457 e. The Morgan fingerprint density at radius 2 is 1.88 bits per heavy atom. The van der Waals surface area contributed by atoms with Gasteiger partial charge < -0.3 is 4.74 Å². The molecule has 0 radical (unpaired) electrons. The van der Waals surface area contributed by atoms with E-state index < -0.39 is 32.3 Å². The SMILES string of the molecule is Cc1cccc(C2=C(c3cc(F)c(S(C)(=O)=O)cc3F)COC2=O)n1. The van der Waals surface area contributed by atoms with Crippen molar-refractivity contribution >= 4 is 27.0 Å². The van der Waals surface area contributed by atoms with Crippen LogP contribution in [0.5, 0.6) is 0 Å². The molecule has 2 heterocycles. The summed E-state index contributed by atoms with van der Waals surface area (Å²) in [5.74, 6) is -2.75. The highest BCUT2D eigenvalue weighted by Gasteiger charge is 2.31. The highest BCUT2D eigenvalue weighted by atomic mass is 32.2. The van der Waals surface area contributed by atoms with Crippen molar-refractivity contribution in [3.05, 3.63) is 58.9 Å². The van der Waals surface area contributed by atoms with Gasteiger partial charge in [-0.15, -0.1) is 0 Å². The number of sulfone groups is 1. The molecule has 0 unspecified atom stereocenters. The summed E-state index contributed by atoms with van der Waals surface area (Å²) in [6, 6.07) is 6.34. The van der Waals surface area contributed by atoms with Crippen molar-refractivity contribution in [3.8, 4) is 0 Å². The molecule has 0 saturated carbocycles. The molecule has 8 heteroatoms. The van der Waals surface area contributed by atoms with Crippen molar-refractivity contribution in [2.45, 2.75) is 11.8 Å². The number of carbonyl (C=O) groups is 1. The molecular weight excluding hydrogens is 352 g/mol. The van der Waals surface area contributed by atoms with E-state index in [1.54, 1.807) is 25.1 Å². The first-order valence-electron chi connectivity index (χ1n) is 7.22. The van der Waals surface area contributed by atoms with Gasteiger partial charge in [-0.2, -0.15) is 0 Å². The zero-order valence-corrected chi connectivity index (χ0v) is 14.2. The number of hydrogen-bond donors (Lipinski definition) is 0. The maximum Gasteiger partial charge on any atom is 0.341 e. The summed E-state index contributed by atoms with van der Waals surface area (Å²) in [6.07, 6.45) is 0.786. The third-order valence-corrected chi connectivity index (χ3v) is 4.86. The number of cyclic esters (lactones) is 1. The minimum absolute atomic E-state index is 0.0362. The molecule has 0 bridgehead atoms. The second-order valence-corrected chi connectivity index (χ2v) is 7.61. The summed E-state index contributed by atoms with van der Waals surface area (Å²) < 4.78 is 56.6. The smallest absolute Gasteiger partial charge is 0.341 e. The van der Waals surface area contributed by atoms with Crippen LogP contribution >= 0.6 is 0 Å². The van der Waals surface area contributed by atoms with Crippen LogP contribution in [-0.2, 0) is 19.4 Å². The molecule has 5 nitrogen and oxygen atoms in total. The van der Waals surface area contributed by atoms with Crippen LogP contribution in [0.25, 0.3) is 11.1 Å². The molecule has 0 saturated heterocycles. The Kier molecular flexibility index (Phi) is 4.16. The first-order chi connectivity index (χ1) is 11.7. The first-order valence-corrected chi connectivity index (χ1v) is 9.11. The molecule has 1 aromatic carbocycles. The fraction of sp³-hybridized carbons (Fsp3) is 0.176. The lowest BCUT2D eigenvalue weighted by Crippen LogP contribution is -2.05. The number of hydrogen-bond acceptors (Lipinski definition) is 5. The molecule has 0 fully saturated rings. The van der Waals surface area contributed by atoms with Gasteiger partial charge in [0.2, 0.25) is 0 Å². The number of carbonyl (C=O) groups excluding carboxylic acids is 1. The fourth-order valence-electron chi connectivity index (χ4n) is 2.60. The largest absolute Gasteiger partial charge is 0.457 e. The van der Waals surface area contributed by atoms with Gasteiger partial charge in [-0.3, -0.25) is 4.98 Å². The van der Waals surface area contributed by atoms with Gasteiger partial charge in [-0.05, 0) is 31.2 Å². The maximum atomic E-state index is 14.5. The number of aryl methyl sites for hydroxylation is 1. The number of ether oxygens (including phenoxy) is 1. The van der Waals surface area contributed by atoms with Crippen LogP contribution in [-0.4, -0.2) is 32.2 Å². The van der Waals surface area contributed by atoms with Crippen LogP contribution in [0.1, 0.15) is 17.0 Å². The monoisotopic (exact) mass is 365 g/mol. The molecule has 1 aliphatic heterocycles. The van der Waals surface area contributed by atoms with Gasteiger partial charge >= 0.3 is 5.97 Å². The van der Waals surface area contributed by atoms with E-state index in [9.17, 15) is 22.0 Å². The Hall–Kier alpha value is -2.61. The lowest BCUT2D eigenvalue weighted by atomic mass is 9.99. The van der Waals surface area contributed by atoms with Crippen molar-refractivity contribution in [2.75, 3.05) is 12.9 Å². The first kappa shape index (κ1) is 17.2. The number of halogens is 2. The number of aromatic nitrogens is 1. The lowest BCUT2D eigenvalue weighted by molar-refractivity contribution is -0.133. The molecule has 0 spiro atoms. The van der Waals surface area contributed by atoms with Crippen LogP contribution < -0.4 is 0 Å². The zero-order chi connectivity index (χ0) is 18.4. The van der Waals surface area contributed by atoms with Gasteiger partial charge in [0, 0.05) is 23.1 Å². The van der Waals surface area contributed by atoms with Gasteiger partial charge in [0.1, 0.15) is 23.1 Å². The highest BCUT2D eigenvalue weighted by Crippen LogP contribution is 2.34. The van der Waals surface area contributed by atoms with Crippen molar-refractivity contribution in [1.29, 1.82) is 0 Å². The summed E-state index contributed by atoms with van der Waals surface area (Å²) in [4.78, 5) is 15.5. The predicted molar refractivity (Wildman–Crippen MR) is 86.2 cm³/mol. The van der Waals surface area contributed by atoms with E-state index in [1.807, 2.05) is 0 Å². The van der Waals surface area contributed by atoms with Crippen LogP contribution in [0, 0.1) is 18.6 Å². The Labute approximate surface area is 142 Å². The van der Waals surface area contributed by atoms with Crippen LogP contribution in [0.2, 0.25) is 0 Å². The van der Waals surface area contributed by atoms with E-state index in [-0.39, 0.29) is 29.0 Å².